The zero-order valence-corrected chi connectivity index (χ0v) is 10.9. The van der Waals surface area contributed by atoms with Gasteiger partial charge in [-0.1, -0.05) is 13.8 Å². The Hall–Kier alpha value is -0.610. The van der Waals surface area contributed by atoms with Crippen molar-refractivity contribution in [2.45, 2.75) is 20.3 Å². The van der Waals surface area contributed by atoms with Crippen LogP contribution in [0.3, 0.4) is 0 Å². The van der Waals surface area contributed by atoms with Gasteiger partial charge >= 0.3 is 0 Å². The van der Waals surface area contributed by atoms with Gasteiger partial charge in [0.15, 0.2) is 0 Å². The van der Waals surface area contributed by atoms with Crippen molar-refractivity contribution in [1.82, 2.24) is 14.7 Å². The van der Waals surface area contributed by atoms with Crippen LogP contribution < -0.4 is 0 Å². The van der Waals surface area contributed by atoms with E-state index in [2.05, 4.69) is 30.7 Å². The fraction of sp³-hybridized carbons (Fsp3) is 0.917. The van der Waals surface area contributed by atoms with E-state index in [1.165, 1.54) is 0 Å². The summed E-state index contributed by atoms with van der Waals surface area (Å²) in [6, 6.07) is 0. The van der Waals surface area contributed by atoms with E-state index in [1.54, 1.807) is 0 Å². The van der Waals surface area contributed by atoms with Gasteiger partial charge in [-0.15, -0.1) is 0 Å². The molecule has 0 aromatic heterocycles. The van der Waals surface area contributed by atoms with Crippen LogP contribution in [0.5, 0.6) is 0 Å². The molecule has 0 radical (unpaired) electrons. The molecule has 0 unspecified atom stereocenters. The van der Waals surface area contributed by atoms with Crippen molar-refractivity contribution in [3.63, 3.8) is 0 Å². The number of carbonyl (C=O) groups excluding carboxylic acids is 1. The molecule has 0 atom stereocenters. The maximum absolute atomic E-state index is 11.9. The first kappa shape index (κ1) is 13.5. The van der Waals surface area contributed by atoms with Gasteiger partial charge in [-0.05, 0) is 20.1 Å². The Morgan fingerprint density at radius 2 is 1.69 bits per heavy atom. The Bertz CT molecular complexity index is 208. The molecular weight excluding hydrogens is 202 g/mol. The van der Waals surface area contributed by atoms with E-state index < -0.39 is 0 Å². The van der Waals surface area contributed by atoms with Crippen LogP contribution in [0, 0.1) is 0 Å². The first-order valence-electron chi connectivity index (χ1n) is 6.36. The van der Waals surface area contributed by atoms with E-state index in [9.17, 15) is 4.79 Å². The summed E-state index contributed by atoms with van der Waals surface area (Å²) >= 11 is 0. The lowest BCUT2D eigenvalue weighted by atomic mass is 10.2. The second-order valence-corrected chi connectivity index (χ2v) is 4.46. The molecule has 1 heterocycles. The SMILES string of the molecule is CCN(CC)CCC(=O)N1CCN(C)CC1. The molecule has 4 nitrogen and oxygen atoms in total. The zero-order valence-electron chi connectivity index (χ0n) is 10.9. The minimum Gasteiger partial charge on any atom is -0.340 e. The predicted molar refractivity (Wildman–Crippen MR) is 66.5 cm³/mol. The average Bonchev–Trinajstić information content (AvgIpc) is 2.31. The summed E-state index contributed by atoms with van der Waals surface area (Å²) < 4.78 is 0. The molecular formula is C12H25N3O. The number of rotatable bonds is 5. The number of hydrogen-bond donors (Lipinski definition) is 0. The highest BCUT2D eigenvalue weighted by atomic mass is 16.2. The third-order valence-corrected chi connectivity index (χ3v) is 3.39. The molecule has 1 saturated heterocycles. The van der Waals surface area contributed by atoms with E-state index in [1.807, 2.05) is 4.90 Å². The van der Waals surface area contributed by atoms with Crippen LogP contribution >= 0.6 is 0 Å². The molecule has 0 N–H and O–H groups in total. The second kappa shape index (κ2) is 6.86. The number of hydrogen-bond acceptors (Lipinski definition) is 3. The molecule has 1 amide bonds. The normalized spacial score (nSPS) is 18.1. The van der Waals surface area contributed by atoms with Gasteiger partial charge in [0.2, 0.25) is 5.91 Å². The molecule has 0 bridgehead atoms. The van der Waals surface area contributed by atoms with Gasteiger partial charge in [0.25, 0.3) is 0 Å². The predicted octanol–water partition coefficient (Wildman–Crippen LogP) is 0.492. The first-order chi connectivity index (χ1) is 7.67. The summed E-state index contributed by atoms with van der Waals surface area (Å²) in [5, 5.41) is 0. The van der Waals surface area contributed by atoms with Gasteiger partial charge in [-0.3, -0.25) is 4.79 Å². The minimum absolute atomic E-state index is 0.319. The van der Waals surface area contributed by atoms with E-state index in [0.29, 0.717) is 12.3 Å². The molecule has 0 spiro atoms. The Labute approximate surface area is 99.2 Å². The molecule has 94 valence electrons. The number of piperazine rings is 1. The van der Waals surface area contributed by atoms with E-state index in [-0.39, 0.29) is 0 Å². The number of carbonyl (C=O) groups is 1. The minimum atomic E-state index is 0.319. The zero-order chi connectivity index (χ0) is 12.0. The molecule has 0 aliphatic carbocycles. The summed E-state index contributed by atoms with van der Waals surface area (Å²) in [6.07, 6.45) is 0.672. The summed E-state index contributed by atoms with van der Waals surface area (Å²) in [5.41, 5.74) is 0. The highest BCUT2D eigenvalue weighted by molar-refractivity contribution is 5.76. The van der Waals surface area contributed by atoms with Crippen molar-refractivity contribution in [3.05, 3.63) is 0 Å². The number of amides is 1. The van der Waals surface area contributed by atoms with Gasteiger partial charge in [0.1, 0.15) is 0 Å². The van der Waals surface area contributed by atoms with Crippen molar-refractivity contribution >= 4 is 5.91 Å². The Morgan fingerprint density at radius 1 is 1.12 bits per heavy atom. The molecule has 1 rings (SSSR count). The largest absolute Gasteiger partial charge is 0.340 e. The van der Waals surface area contributed by atoms with Crippen LogP contribution in [0.15, 0.2) is 0 Å². The third-order valence-electron chi connectivity index (χ3n) is 3.39. The number of likely N-dealkylation sites (N-methyl/N-ethyl adjacent to an activating group) is 1. The van der Waals surface area contributed by atoms with Gasteiger partial charge in [0, 0.05) is 39.1 Å². The molecule has 0 aromatic rings. The number of nitrogens with zero attached hydrogens (tertiary/aromatic N) is 3. The van der Waals surface area contributed by atoms with Crippen LogP contribution in [0.2, 0.25) is 0 Å². The lowest BCUT2D eigenvalue weighted by molar-refractivity contribution is -0.133. The standard InChI is InChI=1S/C12H25N3O/c1-4-14(5-2)7-6-12(16)15-10-8-13(3)9-11-15/h4-11H2,1-3H3. The van der Waals surface area contributed by atoms with Crippen molar-refractivity contribution in [2.75, 3.05) is 52.9 Å². The fourth-order valence-electron chi connectivity index (χ4n) is 2.01. The molecule has 16 heavy (non-hydrogen) atoms. The van der Waals surface area contributed by atoms with Crippen LogP contribution in [0.1, 0.15) is 20.3 Å². The fourth-order valence-corrected chi connectivity index (χ4v) is 2.01. The van der Waals surface area contributed by atoms with E-state index in [0.717, 1.165) is 45.8 Å². The van der Waals surface area contributed by atoms with Gasteiger partial charge in [-0.2, -0.15) is 0 Å². The Kier molecular flexibility index (Phi) is 5.77. The van der Waals surface area contributed by atoms with Gasteiger partial charge in [0.05, 0.1) is 0 Å². The molecule has 1 fully saturated rings. The highest BCUT2D eigenvalue weighted by Gasteiger charge is 2.18. The Balaban J connectivity index is 2.24. The highest BCUT2D eigenvalue weighted by Crippen LogP contribution is 2.02. The van der Waals surface area contributed by atoms with Crippen molar-refractivity contribution in [2.24, 2.45) is 0 Å². The summed E-state index contributed by atoms with van der Waals surface area (Å²) in [4.78, 5) is 18.5. The quantitative estimate of drug-likeness (QED) is 0.684. The van der Waals surface area contributed by atoms with Crippen LogP contribution in [-0.4, -0.2) is 73.5 Å². The summed E-state index contributed by atoms with van der Waals surface area (Å²) in [7, 11) is 2.11. The second-order valence-electron chi connectivity index (χ2n) is 4.46. The van der Waals surface area contributed by atoms with Gasteiger partial charge in [-0.25, -0.2) is 0 Å². The van der Waals surface area contributed by atoms with Crippen LogP contribution in [0.25, 0.3) is 0 Å². The Morgan fingerprint density at radius 3 is 2.19 bits per heavy atom. The third kappa shape index (κ3) is 4.10. The molecule has 1 aliphatic rings. The maximum atomic E-state index is 11.9. The first-order valence-corrected chi connectivity index (χ1v) is 6.36. The van der Waals surface area contributed by atoms with Crippen LogP contribution in [0.4, 0.5) is 0 Å². The molecule has 0 saturated carbocycles. The lowest BCUT2D eigenvalue weighted by Gasteiger charge is -2.33. The monoisotopic (exact) mass is 227 g/mol. The maximum Gasteiger partial charge on any atom is 0.223 e. The molecule has 1 aliphatic heterocycles. The lowest BCUT2D eigenvalue weighted by Crippen LogP contribution is -2.47. The smallest absolute Gasteiger partial charge is 0.223 e. The van der Waals surface area contributed by atoms with E-state index >= 15 is 0 Å². The van der Waals surface area contributed by atoms with Crippen molar-refractivity contribution in [1.29, 1.82) is 0 Å². The molecule has 4 heteroatoms. The van der Waals surface area contributed by atoms with Crippen molar-refractivity contribution in [3.8, 4) is 0 Å². The summed E-state index contributed by atoms with van der Waals surface area (Å²) in [5.74, 6) is 0.319. The van der Waals surface area contributed by atoms with Crippen LogP contribution in [-0.2, 0) is 4.79 Å². The molecule has 0 aromatic carbocycles. The topological polar surface area (TPSA) is 26.8 Å². The van der Waals surface area contributed by atoms with E-state index in [4.69, 9.17) is 0 Å². The summed E-state index contributed by atoms with van der Waals surface area (Å²) in [6.45, 7) is 11.1. The van der Waals surface area contributed by atoms with Gasteiger partial charge < -0.3 is 14.7 Å². The van der Waals surface area contributed by atoms with Crippen molar-refractivity contribution < 1.29 is 4.79 Å². The average molecular weight is 227 g/mol.